The third-order valence-corrected chi connectivity index (χ3v) is 4.35. The number of nitrogens with one attached hydrogen (secondary N) is 1. The van der Waals surface area contributed by atoms with Crippen molar-refractivity contribution < 1.29 is 9.13 Å². The van der Waals surface area contributed by atoms with Crippen LogP contribution in [0, 0.1) is 10.1 Å². The highest BCUT2D eigenvalue weighted by Gasteiger charge is 2.22. The Balaban J connectivity index is 0.00000162. The maximum absolute atomic E-state index is 12.1. The smallest absolute Gasteiger partial charge is 0.287 e. The number of nitrogens with zero attached hydrogens (tertiary/aromatic N) is 2. The van der Waals surface area contributed by atoms with E-state index in [0.29, 0.717) is 11.6 Å². The number of aromatic nitrogens is 1. The van der Waals surface area contributed by atoms with E-state index >= 15 is 0 Å². The normalized spacial score (nSPS) is 20.8. The maximum atomic E-state index is 12.1. The lowest BCUT2D eigenvalue weighted by atomic mass is 10.2. The van der Waals surface area contributed by atoms with Crippen LogP contribution in [0.2, 0.25) is 0 Å². The van der Waals surface area contributed by atoms with Crippen LogP contribution in [0.5, 0.6) is 0 Å². The summed E-state index contributed by atoms with van der Waals surface area (Å²) in [6, 6.07) is 2.82. The number of hydrogen-bond acceptors (Lipinski definition) is 5. The molecule has 1 aliphatic rings. The maximum Gasteiger partial charge on any atom is 0.287 e. The molecule has 0 radical (unpaired) electrons. The second kappa shape index (κ2) is 6.77. The summed E-state index contributed by atoms with van der Waals surface area (Å²) in [6.45, 7) is 1.67. The van der Waals surface area contributed by atoms with Crippen molar-refractivity contribution in [3.05, 3.63) is 28.4 Å². The minimum Gasteiger partial charge on any atom is -0.316 e. The molecule has 2 heterocycles. The number of rotatable bonds is 3. The minimum atomic E-state index is -1.19. The molecule has 0 amide bonds. The molecule has 6 nitrogen and oxygen atoms in total. The Morgan fingerprint density at radius 3 is 2.78 bits per heavy atom. The Morgan fingerprint density at radius 2 is 2.28 bits per heavy atom. The molecular weight excluding hydrogens is 278 g/mol. The number of nitro groups is 1. The highest BCUT2D eigenvalue weighted by Crippen LogP contribution is 2.17. The summed E-state index contributed by atoms with van der Waals surface area (Å²) in [5, 5.41) is 14.1. The molecule has 0 saturated carbocycles. The summed E-state index contributed by atoms with van der Waals surface area (Å²) in [4.78, 5) is 13.9. The molecule has 100 valence electrons. The molecule has 1 aromatic rings. The van der Waals surface area contributed by atoms with Gasteiger partial charge in [0, 0.05) is 12.6 Å². The molecule has 18 heavy (non-hydrogen) atoms. The van der Waals surface area contributed by atoms with E-state index in [4.69, 9.17) is 0 Å². The summed E-state index contributed by atoms with van der Waals surface area (Å²) in [6.07, 6.45) is 3.06. The van der Waals surface area contributed by atoms with Crippen LogP contribution in [0.3, 0.4) is 0 Å². The first-order chi connectivity index (χ1) is 8.18. The van der Waals surface area contributed by atoms with Crippen LogP contribution in [0.1, 0.15) is 12.8 Å². The van der Waals surface area contributed by atoms with E-state index in [1.165, 1.54) is 12.1 Å². The van der Waals surface area contributed by atoms with E-state index in [-0.39, 0.29) is 23.3 Å². The van der Waals surface area contributed by atoms with Crippen LogP contribution in [0.15, 0.2) is 23.4 Å². The third-order valence-electron chi connectivity index (χ3n) is 2.69. The van der Waals surface area contributed by atoms with Gasteiger partial charge < -0.3 is 5.32 Å². The van der Waals surface area contributed by atoms with Crippen LogP contribution in [-0.2, 0) is 10.8 Å². The SMILES string of the molecule is Cl.O=[N+]([O-])c1ccc(S(=O)C2CCCNC2)nc1. The van der Waals surface area contributed by atoms with Crippen molar-refractivity contribution in [2.45, 2.75) is 23.1 Å². The van der Waals surface area contributed by atoms with Crippen molar-refractivity contribution in [3.63, 3.8) is 0 Å². The van der Waals surface area contributed by atoms with Gasteiger partial charge in [-0.3, -0.25) is 14.3 Å². The molecule has 2 atom stereocenters. The van der Waals surface area contributed by atoms with Gasteiger partial charge >= 0.3 is 0 Å². The third kappa shape index (κ3) is 3.47. The standard InChI is InChI=1S/C10H13N3O3S.ClH/c14-13(15)8-3-4-10(12-6-8)17(16)9-2-1-5-11-7-9;/h3-4,6,9,11H,1-2,5,7H2;1H. The van der Waals surface area contributed by atoms with Crippen LogP contribution in [0.25, 0.3) is 0 Å². The molecule has 1 fully saturated rings. The van der Waals surface area contributed by atoms with Gasteiger partial charge in [0.1, 0.15) is 11.2 Å². The fourth-order valence-electron chi connectivity index (χ4n) is 1.77. The quantitative estimate of drug-likeness (QED) is 0.669. The van der Waals surface area contributed by atoms with Crippen LogP contribution in [-0.4, -0.2) is 32.5 Å². The van der Waals surface area contributed by atoms with Gasteiger partial charge in [0.15, 0.2) is 0 Å². The first-order valence-electron chi connectivity index (χ1n) is 5.40. The summed E-state index contributed by atoms with van der Waals surface area (Å²) < 4.78 is 12.1. The average Bonchev–Trinajstić information content (AvgIpc) is 2.39. The molecule has 0 aliphatic carbocycles. The molecule has 2 unspecified atom stereocenters. The molecular formula is C10H14ClN3O3S. The fraction of sp³-hybridized carbons (Fsp3) is 0.500. The van der Waals surface area contributed by atoms with Crippen molar-refractivity contribution >= 4 is 28.9 Å². The van der Waals surface area contributed by atoms with E-state index in [2.05, 4.69) is 10.3 Å². The van der Waals surface area contributed by atoms with Gasteiger partial charge in [-0.25, -0.2) is 4.98 Å². The second-order valence-electron chi connectivity index (χ2n) is 3.88. The van der Waals surface area contributed by atoms with Crippen molar-refractivity contribution in [2.24, 2.45) is 0 Å². The van der Waals surface area contributed by atoms with Gasteiger partial charge in [0.05, 0.1) is 21.0 Å². The summed E-state index contributed by atoms with van der Waals surface area (Å²) in [5.74, 6) is 0. The lowest BCUT2D eigenvalue weighted by Gasteiger charge is -2.21. The highest BCUT2D eigenvalue weighted by atomic mass is 35.5. The van der Waals surface area contributed by atoms with Crippen LogP contribution in [0.4, 0.5) is 5.69 Å². The van der Waals surface area contributed by atoms with Crippen LogP contribution < -0.4 is 5.32 Å². The average molecular weight is 292 g/mol. The van der Waals surface area contributed by atoms with E-state index in [9.17, 15) is 14.3 Å². The van der Waals surface area contributed by atoms with E-state index < -0.39 is 15.7 Å². The van der Waals surface area contributed by atoms with Gasteiger partial charge in [0.25, 0.3) is 5.69 Å². The summed E-state index contributed by atoms with van der Waals surface area (Å²) in [7, 11) is -1.19. The fourth-order valence-corrected chi connectivity index (χ4v) is 3.12. The Kier molecular flexibility index (Phi) is 5.64. The highest BCUT2D eigenvalue weighted by molar-refractivity contribution is 7.85. The molecule has 2 rings (SSSR count). The predicted molar refractivity (Wildman–Crippen MR) is 70.4 cm³/mol. The van der Waals surface area contributed by atoms with E-state index in [0.717, 1.165) is 25.6 Å². The number of pyridine rings is 1. The topological polar surface area (TPSA) is 85.1 Å². The van der Waals surface area contributed by atoms with Crippen molar-refractivity contribution in [1.82, 2.24) is 10.3 Å². The zero-order valence-corrected chi connectivity index (χ0v) is 11.2. The van der Waals surface area contributed by atoms with E-state index in [1.54, 1.807) is 0 Å². The monoisotopic (exact) mass is 291 g/mol. The molecule has 1 aromatic heterocycles. The van der Waals surface area contributed by atoms with Crippen molar-refractivity contribution in [2.75, 3.05) is 13.1 Å². The molecule has 0 spiro atoms. The Hall–Kier alpha value is -1.05. The van der Waals surface area contributed by atoms with Crippen molar-refractivity contribution in [3.8, 4) is 0 Å². The minimum absolute atomic E-state index is 0. The zero-order valence-electron chi connectivity index (χ0n) is 9.57. The van der Waals surface area contributed by atoms with Crippen LogP contribution >= 0.6 is 12.4 Å². The van der Waals surface area contributed by atoms with Crippen molar-refractivity contribution in [1.29, 1.82) is 0 Å². The first kappa shape index (κ1) is 15.0. The second-order valence-corrected chi connectivity index (χ2v) is 5.56. The largest absolute Gasteiger partial charge is 0.316 e. The molecule has 1 aliphatic heterocycles. The Morgan fingerprint density at radius 1 is 1.50 bits per heavy atom. The lowest BCUT2D eigenvalue weighted by Crippen LogP contribution is -2.36. The molecule has 1 N–H and O–H groups in total. The van der Waals surface area contributed by atoms with E-state index in [1.807, 2.05) is 0 Å². The number of halogens is 1. The zero-order chi connectivity index (χ0) is 12.3. The molecule has 0 aromatic carbocycles. The van der Waals surface area contributed by atoms with Gasteiger partial charge in [0.2, 0.25) is 0 Å². The van der Waals surface area contributed by atoms with Gasteiger partial charge in [-0.05, 0) is 25.5 Å². The summed E-state index contributed by atoms with van der Waals surface area (Å²) >= 11 is 0. The molecule has 1 saturated heterocycles. The predicted octanol–water partition coefficient (Wildman–Crippen LogP) is 1.27. The molecule has 8 heteroatoms. The Bertz CT molecular complexity index is 434. The Labute approximate surface area is 113 Å². The number of piperidine rings is 1. The molecule has 0 bridgehead atoms. The van der Waals surface area contributed by atoms with Gasteiger partial charge in [-0.1, -0.05) is 0 Å². The lowest BCUT2D eigenvalue weighted by molar-refractivity contribution is -0.385. The first-order valence-corrected chi connectivity index (χ1v) is 6.61. The van der Waals surface area contributed by atoms with Gasteiger partial charge in [-0.2, -0.15) is 0 Å². The van der Waals surface area contributed by atoms with Gasteiger partial charge in [-0.15, -0.1) is 12.4 Å². The number of hydrogen-bond donors (Lipinski definition) is 1. The summed E-state index contributed by atoms with van der Waals surface area (Å²) in [5.41, 5.74) is -0.0764.